The van der Waals surface area contributed by atoms with Crippen LogP contribution in [0.4, 0.5) is 4.79 Å². The van der Waals surface area contributed by atoms with Gasteiger partial charge in [-0.1, -0.05) is 24.3 Å². The lowest BCUT2D eigenvalue weighted by Gasteiger charge is -2.24. The van der Waals surface area contributed by atoms with Crippen LogP contribution in [0.3, 0.4) is 0 Å². The maximum atomic E-state index is 11.7. The molecule has 0 bridgehead atoms. The molecule has 0 heterocycles. The van der Waals surface area contributed by atoms with Gasteiger partial charge >= 0.3 is 6.09 Å². The van der Waals surface area contributed by atoms with Crippen molar-refractivity contribution in [3.05, 3.63) is 35.4 Å². The first kappa shape index (κ1) is 17.4. The van der Waals surface area contributed by atoms with Crippen LogP contribution in [-0.2, 0) is 17.7 Å². The highest BCUT2D eigenvalue weighted by Gasteiger charge is 2.23. The Morgan fingerprint density at radius 1 is 1.24 bits per heavy atom. The number of carbonyl (C=O) groups is 1. The molecule has 5 N–H and O–H groups in total. The molecule has 1 aromatic rings. The number of aliphatic hydroxyl groups excluding tert-OH is 1. The number of benzene rings is 1. The topological polar surface area (TPSA) is 105 Å². The van der Waals surface area contributed by atoms with Crippen LogP contribution in [-0.4, -0.2) is 34.2 Å². The third-order valence-electron chi connectivity index (χ3n) is 2.78. The van der Waals surface area contributed by atoms with E-state index in [4.69, 9.17) is 10.5 Å². The van der Waals surface area contributed by atoms with Crippen molar-refractivity contribution in [1.82, 2.24) is 5.32 Å². The van der Waals surface area contributed by atoms with Crippen molar-refractivity contribution in [2.24, 2.45) is 5.73 Å². The van der Waals surface area contributed by atoms with Crippen LogP contribution in [0.5, 0.6) is 0 Å². The summed E-state index contributed by atoms with van der Waals surface area (Å²) in [4.78, 5) is 11.7. The van der Waals surface area contributed by atoms with E-state index in [1.165, 1.54) is 0 Å². The third-order valence-corrected chi connectivity index (χ3v) is 2.78. The van der Waals surface area contributed by atoms with Crippen LogP contribution in [0.1, 0.15) is 31.9 Å². The Labute approximate surface area is 124 Å². The lowest BCUT2D eigenvalue weighted by molar-refractivity contribution is -0.0679. The molecule has 6 nitrogen and oxygen atoms in total. The number of amides is 1. The van der Waals surface area contributed by atoms with E-state index in [-0.39, 0.29) is 6.42 Å². The molecule has 0 aliphatic heterocycles. The van der Waals surface area contributed by atoms with Crippen molar-refractivity contribution in [3.8, 4) is 0 Å². The van der Waals surface area contributed by atoms with E-state index in [1.807, 2.05) is 24.3 Å². The average Bonchev–Trinajstić information content (AvgIpc) is 2.36. The van der Waals surface area contributed by atoms with Crippen LogP contribution in [0.2, 0.25) is 0 Å². The number of carbonyl (C=O) groups excluding carboxylic acids is 1. The van der Waals surface area contributed by atoms with E-state index >= 15 is 0 Å². The van der Waals surface area contributed by atoms with Gasteiger partial charge < -0.3 is 26.0 Å². The Balaban J connectivity index is 2.66. The lowest BCUT2D eigenvalue weighted by Crippen LogP contribution is -2.46. The van der Waals surface area contributed by atoms with Gasteiger partial charge in [0.15, 0.2) is 6.29 Å². The van der Waals surface area contributed by atoms with Crippen LogP contribution in [0.15, 0.2) is 24.3 Å². The predicted octanol–water partition coefficient (Wildman–Crippen LogP) is 0.892. The summed E-state index contributed by atoms with van der Waals surface area (Å²) in [6, 6.07) is 6.57. The fraction of sp³-hybridized carbons (Fsp3) is 0.533. The standard InChI is InChI=1S/C15H24N2O4/c1-15(2,3)21-14(20)17-12(13(18)19)8-10-4-6-11(9-16)7-5-10/h4-7,12-13,18-19H,8-9,16H2,1-3H3,(H,17,20)/t12-/m0/s1. The Hall–Kier alpha value is -1.63. The number of hydrogen-bond donors (Lipinski definition) is 4. The van der Waals surface area contributed by atoms with Crippen LogP contribution >= 0.6 is 0 Å². The smallest absolute Gasteiger partial charge is 0.408 e. The van der Waals surface area contributed by atoms with E-state index in [9.17, 15) is 15.0 Å². The van der Waals surface area contributed by atoms with Crippen molar-refractivity contribution in [1.29, 1.82) is 0 Å². The van der Waals surface area contributed by atoms with Gasteiger partial charge in [0, 0.05) is 6.54 Å². The first-order chi connectivity index (χ1) is 9.71. The first-order valence-electron chi connectivity index (χ1n) is 6.85. The number of alkyl carbamates (subject to hydrolysis) is 1. The normalized spacial score (nSPS) is 13.1. The maximum Gasteiger partial charge on any atom is 0.408 e. The van der Waals surface area contributed by atoms with Crippen molar-refractivity contribution >= 4 is 6.09 Å². The number of hydrogen-bond acceptors (Lipinski definition) is 5. The summed E-state index contributed by atoms with van der Waals surface area (Å²) in [5.41, 5.74) is 6.73. The Bertz CT molecular complexity index is 452. The van der Waals surface area contributed by atoms with E-state index in [0.29, 0.717) is 6.54 Å². The summed E-state index contributed by atoms with van der Waals surface area (Å²) in [5, 5.41) is 21.2. The summed E-state index contributed by atoms with van der Waals surface area (Å²) in [7, 11) is 0. The minimum atomic E-state index is -1.67. The molecular weight excluding hydrogens is 272 g/mol. The highest BCUT2D eigenvalue weighted by atomic mass is 16.6. The molecule has 1 rings (SSSR count). The van der Waals surface area contributed by atoms with Crippen molar-refractivity contribution in [3.63, 3.8) is 0 Å². The zero-order valence-electron chi connectivity index (χ0n) is 12.7. The summed E-state index contributed by atoms with van der Waals surface area (Å²) in [5.74, 6) is 0. The van der Waals surface area contributed by atoms with Crippen molar-refractivity contribution in [2.75, 3.05) is 0 Å². The van der Waals surface area contributed by atoms with Gasteiger partial charge in [-0.15, -0.1) is 0 Å². The fourth-order valence-corrected chi connectivity index (χ4v) is 1.76. The monoisotopic (exact) mass is 296 g/mol. The molecule has 1 atom stereocenters. The summed E-state index contributed by atoms with van der Waals surface area (Å²) >= 11 is 0. The SMILES string of the molecule is CC(C)(C)OC(=O)N[C@@H](Cc1ccc(CN)cc1)C(O)O. The molecule has 0 aliphatic rings. The van der Waals surface area contributed by atoms with Gasteiger partial charge in [-0.05, 0) is 38.3 Å². The summed E-state index contributed by atoms with van der Waals surface area (Å²) in [6.45, 7) is 5.66. The second kappa shape index (κ2) is 7.40. The Kier molecular flexibility index (Phi) is 6.14. The van der Waals surface area contributed by atoms with Gasteiger partial charge in [-0.3, -0.25) is 0 Å². The van der Waals surface area contributed by atoms with E-state index in [2.05, 4.69) is 5.32 Å². The van der Waals surface area contributed by atoms with Gasteiger partial charge in [0.25, 0.3) is 0 Å². The number of rotatable bonds is 5. The van der Waals surface area contributed by atoms with Gasteiger partial charge in [0.05, 0.1) is 6.04 Å². The third kappa shape index (κ3) is 6.57. The molecule has 0 fully saturated rings. The van der Waals surface area contributed by atoms with Gasteiger partial charge in [0.2, 0.25) is 0 Å². The molecule has 1 amide bonds. The average molecular weight is 296 g/mol. The molecule has 0 unspecified atom stereocenters. The largest absolute Gasteiger partial charge is 0.444 e. The highest BCUT2D eigenvalue weighted by molar-refractivity contribution is 5.68. The van der Waals surface area contributed by atoms with E-state index in [0.717, 1.165) is 11.1 Å². The number of nitrogens with two attached hydrogens (primary N) is 1. The second-order valence-electron chi connectivity index (χ2n) is 5.89. The van der Waals surface area contributed by atoms with Gasteiger partial charge in [-0.25, -0.2) is 4.79 Å². The molecule has 0 radical (unpaired) electrons. The molecule has 118 valence electrons. The number of aliphatic hydroxyl groups is 2. The first-order valence-corrected chi connectivity index (χ1v) is 6.85. The summed E-state index contributed by atoms with van der Waals surface area (Å²) < 4.78 is 5.10. The molecule has 0 spiro atoms. The predicted molar refractivity (Wildman–Crippen MR) is 79.4 cm³/mol. The zero-order chi connectivity index (χ0) is 16.0. The Morgan fingerprint density at radius 3 is 2.19 bits per heavy atom. The van der Waals surface area contributed by atoms with Gasteiger partial charge in [0.1, 0.15) is 5.60 Å². The molecule has 0 aliphatic carbocycles. The van der Waals surface area contributed by atoms with E-state index < -0.39 is 24.0 Å². The number of nitrogens with one attached hydrogen (secondary N) is 1. The molecule has 0 saturated heterocycles. The lowest BCUT2D eigenvalue weighted by atomic mass is 10.0. The zero-order valence-corrected chi connectivity index (χ0v) is 12.7. The Morgan fingerprint density at radius 2 is 1.76 bits per heavy atom. The van der Waals surface area contributed by atoms with Crippen LogP contribution in [0, 0.1) is 0 Å². The molecular formula is C15H24N2O4. The molecule has 0 saturated carbocycles. The van der Waals surface area contributed by atoms with Crippen LogP contribution < -0.4 is 11.1 Å². The van der Waals surface area contributed by atoms with Gasteiger partial charge in [-0.2, -0.15) is 0 Å². The quantitative estimate of drug-likeness (QED) is 0.604. The fourth-order valence-electron chi connectivity index (χ4n) is 1.76. The second-order valence-corrected chi connectivity index (χ2v) is 5.89. The van der Waals surface area contributed by atoms with E-state index in [1.54, 1.807) is 20.8 Å². The van der Waals surface area contributed by atoms with Crippen LogP contribution in [0.25, 0.3) is 0 Å². The van der Waals surface area contributed by atoms with Crippen molar-refractivity contribution < 1.29 is 19.7 Å². The molecule has 1 aromatic carbocycles. The molecule has 6 heteroatoms. The number of ether oxygens (including phenoxy) is 1. The molecule has 21 heavy (non-hydrogen) atoms. The summed E-state index contributed by atoms with van der Waals surface area (Å²) in [6.07, 6.45) is -2.08. The minimum Gasteiger partial charge on any atom is -0.444 e. The maximum absolute atomic E-state index is 11.7. The minimum absolute atomic E-state index is 0.280. The highest BCUT2D eigenvalue weighted by Crippen LogP contribution is 2.10. The van der Waals surface area contributed by atoms with Crippen molar-refractivity contribution in [2.45, 2.75) is 51.7 Å². The molecule has 0 aromatic heterocycles.